The Morgan fingerprint density at radius 3 is 2.78 bits per heavy atom. The summed E-state index contributed by atoms with van der Waals surface area (Å²) in [5.41, 5.74) is 6.86. The van der Waals surface area contributed by atoms with Crippen LogP contribution >= 0.6 is 8.69 Å². The first-order valence-corrected chi connectivity index (χ1v) is 10.4. The van der Waals surface area contributed by atoms with Crippen molar-refractivity contribution in [2.75, 3.05) is 18.6 Å². The van der Waals surface area contributed by atoms with E-state index >= 15 is 0 Å². The van der Waals surface area contributed by atoms with Gasteiger partial charge in [-0.3, -0.25) is 13.9 Å². The zero-order valence-electron chi connectivity index (χ0n) is 17.4. The van der Waals surface area contributed by atoms with Gasteiger partial charge in [0, 0.05) is 6.92 Å². The van der Waals surface area contributed by atoms with Crippen LogP contribution < -0.4 is 16.4 Å². The van der Waals surface area contributed by atoms with Crippen molar-refractivity contribution in [3.63, 3.8) is 0 Å². The Labute approximate surface area is 185 Å². The average molecular weight is 462 g/mol. The number of hydrogen-bond donors (Lipinski definition) is 3. The van der Waals surface area contributed by atoms with Gasteiger partial charge in [0.2, 0.25) is 12.2 Å². The fourth-order valence-electron chi connectivity index (χ4n) is 3.08. The van der Waals surface area contributed by atoms with E-state index in [-0.39, 0.29) is 13.3 Å². The van der Waals surface area contributed by atoms with Gasteiger partial charge >= 0.3 is 14.7 Å². The molecule has 1 aliphatic heterocycles. The number of nitrogens with one attached hydrogen (secondary N) is 2. The van der Waals surface area contributed by atoms with Gasteiger partial charge in [0.1, 0.15) is 36.9 Å². The monoisotopic (exact) mass is 462 g/mol. The number of nitrogens with two attached hydrogens (primary N) is 1. The summed E-state index contributed by atoms with van der Waals surface area (Å²) in [7, 11) is -0.604. The van der Waals surface area contributed by atoms with Gasteiger partial charge in [-0.05, 0) is 12.5 Å². The number of fused-ring (bicyclic) bond motifs is 1. The molecule has 2 aromatic rings. The molecule has 0 spiro atoms. The van der Waals surface area contributed by atoms with Crippen LogP contribution in [0.1, 0.15) is 37.4 Å². The number of carbonyl (C=O) groups excluding carboxylic acids is 2. The lowest BCUT2D eigenvalue weighted by Gasteiger charge is -2.26. The summed E-state index contributed by atoms with van der Waals surface area (Å²) in [6, 6.07) is 7.56. The summed E-state index contributed by atoms with van der Waals surface area (Å²) < 4.78 is 28.6. The van der Waals surface area contributed by atoms with Crippen molar-refractivity contribution in [2.45, 2.75) is 32.4 Å². The van der Waals surface area contributed by atoms with Gasteiger partial charge in [0.15, 0.2) is 6.04 Å². The largest absolute Gasteiger partial charge is 0.431 e. The molecule has 0 unspecified atom stereocenters. The standard InChI is InChI=1S/C19H23N6O6P/c1-11(26)24-15(13-6-4-3-5-7-13)19(27)31-14(8-29-32-28)30-12(2)25-10-23-16-17(20)21-9-22-18(16)25/h3-7,10,12,14-15,22H,8-9H2,1-2H3,(H2,20,21)(H,24,26)/t12-,14-,15+/m1/s1. The third kappa shape index (κ3) is 5.67. The van der Waals surface area contributed by atoms with Gasteiger partial charge in [-0.1, -0.05) is 30.3 Å². The van der Waals surface area contributed by atoms with Crippen molar-refractivity contribution < 1.29 is 28.2 Å². The van der Waals surface area contributed by atoms with E-state index in [1.165, 1.54) is 13.3 Å². The van der Waals surface area contributed by atoms with Crippen LogP contribution in [0.25, 0.3) is 0 Å². The molecule has 0 fully saturated rings. The highest BCUT2D eigenvalue weighted by Crippen LogP contribution is 2.25. The number of nitrogens with zero attached hydrogens (tertiary/aromatic N) is 3. The maximum Gasteiger partial charge on any atom is 0.335 e. The number of amides is 1. The molecule has 1 aromatic heterocycles. The minimum atomic E-state index is -1.23. The Balaban J connectivity index is 1.75. The molecule has 4 N–H and O–H groups in total. The minimum Gasteiger partial charge on any atom is -0.431 e. The summed E-state index contributed by atoms with van der Waals surface area (Å²) in [6.45, 7) is 2.96. The number of benzene rings is 1. The number of hydrogen-bond acceptors (Lipinski definition) is 10. The maximum atomic E-state index is 12.9. The maximum absolute atomic E-state index is 12.9. The Morgan fingerprint density at radius 2 is 2.09 bits per heavy atom. The molecule has 170 valence electrons. The number of aromatic nitrogens is 2. The van der Waals surface area contributed by atoms with E-state index in [4.69, 9.17) is 19.7 Å². The van der Waals surface area contributed by atoms with E-state index in [1.807, 2.05) is 0 Å². The van der Waals surface area contributed by atoms with Gasteiger partial charge < -0.3 is 25.8 Å². The molecule has 0 saturated heterocycles. The first-order chi connectivity index (χ1) is 15.4. The molecule has 0 aliphatic carbocycles. The number of amidine groups is 1. The van der Waals surface area contributed by atoms with Crippen LogP contribution in [0, 0.1) is 0 Å². The van der Waals surface area contributed by atoms with Gasteiger partial charge in [-0.25, -0.2) is 19.3 Å². The highest BCUT2D eigenvalue weighted by Gasteiger charge is 2.29. The molecular weight excluding hydrogens is 439 g/mol. The number of aliphatic imine (C=N–C) groups is 1. The molecule has 0 radical (unpaired) electrons. The number of rotatable bonds is 10. The lowest BCUT2D eigenvalue weighted by Crippen LogP contribution is -2.37. The highest BCUT2D eigenvalue weighted by atomic mass is 31.1. The topological polar surface area (TPSA) is 159 Å². The molecule has 3 rings (SSSR count). The van der Waals surface area contributed by atoms with Crippen LogP contribution in [0.2, 0.25) is 0 Å². The van der Waals surface area contributed by atoms with Crippen molar-refractivity contribution in [1.82, 2.24) is 14.9 Å². The average Bonchev–Trinajstić information content (AvgIpc) is 3.22. The van der Waals surface area contributed by atoms with E-state index in [0.717, 1.165) is 0 Å². The molecule has 3 atom stereocenters. The summed E-state index contributed by atoms with van der Waals surface area (Å²) in [5.74, 6) is -0.288. The molecule has 1 aliphatic rings. The molecule has 2 heterocycles. The molecule has 12 nitrogen and oxygen atoms in total. The predicted molar refractivity (Wildman–Crippen MR) is 114 cm³/mol. The van der Waals surface area contributed by atoms with Crippen LogP contribution in [-0.2, 0) is 28.2 Å². The smallest absolute Gasteiger partial charge is 0.335 e. The molecule has 32 heavy (non-hydrogen) atoms. The van der Waals surface area contributed by atoms with Crippen LogP contribution in [0.4, 0.5) is 5.82 Å². The van der Waals surface area contributed by atoms with Crippen molar-refractivity contribution >= 4 is 32.2 Å². The number of anilines is 1. The molecule has 1 aromatic carbocycles. The highest BCUT2D eigenvalue weighted by molar-refractivity contribution is 7.17. The first kappa shape index (κ1) is 23.3. The van der Waals surface area contributed by atoms with Gasteiger partial charge in [0.05, 0.1) is 6.33 Å². The van der Waals surface area contributed by atoms with Crippen molar-refractivity contribution in [2.24, 2.45) is 10.7 Å². The van der Waals surface area contributed by atoms with Crippen LogP contribution in [-0.4, -0.2) is 46.8 Å². The second-order valence-electron chi connectivity index (χ2n) is 6.74. The van der Waals surface area contributed by atoms with Crippen LogP contribution in [0.15, 0.2) is 41.7 Å². The van der Waals surface area contributed by atoms with E-state index < -0.39 is 39.1 Å². The normalized spacial score (nSPS) is 15.6. The summed E-state index contributed by atoms with van der Waals surface area (Å²) in [5, 5.41) is 5.61. The van der Waals surface area contributed by atoms with E-state index in [2.05, 4.69) is 20.6 Å². The molecule has 0 bridgehead atoms. The van der Waals surface area contributed by atoms with Crippen molar-refractivity contribution in [3.05, 3.63) is 47.9 Å². The summed E-state index contributed by atoms with van der Waals surface area (Å²) in [4.78, 5) is 32.8. The van der Waals surface area contributed by atoms with E-state index in [0.29, 0.717) is 22.9 Å². The Bertz CT molecular complexity index is 997. The molecule has 1 amide bonds. The summed E-state index contributed by atoms with van der Waals surface area (Å²) >= 11 is 0. The Kier molecular flexibility index (Phi) is 7.87. The third-order valence-corrected chi connectivity index (χ3v) is 4.75. The first-order valence-electron chi connectivity index (χ1n) is 9.64. The summed E-state index contributed by atoms with van der Waals surface area (Å²) in [6.07, 6.45) is -0.400. The van der Waals surface area contributed by atoms with Gasteiger partial charge in [0.25, 0.3) is 0 Å². The fourth-order valence-corrected chi connectivity index (χ4v) is 3.26. The van der Waals surface area contributed by atoms with Crippen LogP contribution in [0.5, 0.6) is 0 Å². The second kappa shape index (κ2) is 10.8. The Hall–Kier alpha value is -3.34. The predicted octanol–water partition coefficient (Wildman–Crippen LogP) is 1.48. The zero-order valence-corrected chi connectivity index (χ0v) is 18.3. The van der Waals surface area contributed by atoms with Crippen molar-refractivity contribution in [3.8, 4) is 0 Å². The number of ether oxygens (including phenoxy) is 2. The fraction of sp³-hybridized carbons (Fsp3) is 0.368. The quantitative estimate of drug-likeness (QED) is 0.270. The van der Waals surface area contributed by atoms with Crippen LogP contribution in [0.3, 0.4) is 0 Å². The Morgan fingerprint density at radius 1 is 1.34 bits per heavy atom. The van der Waals surface area contributed by atoms with E-state index in [9.17, 15) is 14.2 Å². The molecule has 0 saturated carbocycles. The molecule has 13 heteroatoms. The lowest BCUT2D eigenvalue weighted by atomic mass is 10.1. The third-order valence-electron chi connectivity index (χ3n) is 4.50. The molecular formula is C19H23N6O6P. The van der Waals surface area contributed by atoms with Crippen molar-refractivity contribution in [1.29, 1.82) is 0 Å². The van der Waals surface area contributed by atoms with Gasteiger partial charge in [-0.2, -0.15) is 0 Å². The second-order valence-corrected chi connectivity index (χ2v) is 7.15. The van der Waals surface area contributed by atoms with Gasteiger partial charge in [-0.15, -0.1) is 0 Å². The number of carbonyl (C=O) groups is 2. The number of imidazole rings is 1. The SMILES string of the molecule is CC(=O)N[C@H](C(=O)O[C@H](COP=O)O[C@H](C)n1cnc2c1NCN=C2N)c1ccccc1. The van der Waals surface area contributed by atoms with E-state index in [1.54, 1.807) is 41.8 Å². The minimum absolute atomic E-state index is 0.281. The zero-order chi connectivity index (χ0) is 23.1. The number of esters is 1. The lowest BCUT2D eigenvalue weighted by molar-refractivity contribution is -0.206.